The summed E-state index contributed by atoms with van der Waals surface area (Å²) in [6, 6.07) is 11.3. The van der Waals surface area contributed by atoms with Crippen LogP contribution < -0.4 is 10.0 Å². The van der Waals surface area contributed by atoms with Crippen LogP contribution in [-0.2, 0) is 10.0 Å². The summed E-state index contributed by atoms with van der Waals surface area (Å²) in [6.45, 7) is 3.47. The Morgan fingerprint density at radius 3 is 2.21 bits per heavy atom. The van der Waals surface area contributed by atoms with Crippen LogP contribution in [0.2, 0.25) is 0 Å². The minimum Gasteiger partial charge on any atom is -0.322 e. The van der Waals surface area contributed by atoms with Gasteiger partial charge in [0.15, 0.2) is 0 Å². The Morgan fingerprint density at radius 1 is 1.00 bits per heavy atom. The van der Waals surface area contributed by atoms with Gasteiger partial charge in [0.05, 0.1) is 10.5 Å². The fourth-order valence-electron chi connectivity index (χ4n) is 2.54. The van der Waals surface area contributed by atoms with E-state index in [1.165, 1.54) is 36.4 Å². The van der Waals surface area contributed by atoms with Crippen LogP contribution in [0.3, 0.4) is 0 Å². The first-order valence-electron chi connectivity index (χ1n) is 8.35. The second-order valence-corrected chi connectivity index (χ2v) is 8.78. The van der Waals surface area contributed by atoms with Gasteiger partial charge in [-0.1, -0.05) is 15.9 Å². The molecule has 2 N–H and O–H groups in total. The molecule has 0 unspecified atom stereocenters. The maximum Gasteiger partial charge on any atom is 0.264 e. The second kappa shape index (κ2) is 8.26. The van der Waals surface area contributed by atoms with Gasteiger partial charge >= 0.3 is 0 Å². The summed E-state index contributed by atoms with van der Waals surface area (Å²) >= 11 is 3.13. The van der Waals surface area contributed by atoms with Gasteiger partial charge < -0.3 is 5.32 Å². The first-order chi connectivity index (χ1) is 13.6. The standard InChI is InChI=1S/C19H16BrFN4O3S/c1-11-9-12(2)23-19(22-11)25-29(27,28)15-6-4-14(5-7-15)24-18(26)16-8-3-13(20)10-17(16)21/h3-10H,1-2H3,(H,24,26)(H,22,23,25). The number of amides is 1. The van der Waals surface area contributed by atoms with Crippen LogP contribution in [0.25, 0.3) is 0 Å². The average Bonchev–Trinajstić information content (AvgIpc) is 2.60. The number of hydrogen-bond donors (Lipinski definition) is 2. The molecule has 0 saturated heterocycles. The molecule has 3 rings (SSSR count). The maximum atomic E-state index is 13.9. The third kappa shape index (κ3) is 5.15. The number of aromatic nitrogens is 2. The number of hydrogen-bond acceptors (Lipinski definition) is 5. The highest BCUT2D eigenvalue weighted by molar-refractivity contribution is 9.10. The van der Waals surface area contributed by atoms with Gasteiger partial charge in [0.1, 0.15) is 5.82 Å². The van der Waals surface area contributed by atoms with E-state index in [1.54, 1.807) is 26.0 Å². The molecular weight excluding hydrogens is 463 g/mol. The van der Waals surface area contributed by atoms with Crippen molar-refractivity contribution in [3.8, 4) is 0 Å². The van der Waals surface area contributed by atoms with E-state index < -0.39 is 21.7 Å². The van der Waals surface area contributed by atoms with Crippen LogP contribution in [0.15, 0.2) is 57.9 Å². The fourth-order valence-corrected chi connectivity index (χ4v) is 3.82. The zero-order valence-corrected chi connectivity index (χ0v) is 17.8. The Labute approximate surface area is 175 Å². The Bertz CT molecular complexity index is 1160. The second-order valence-electron chi connectivity index (χ2n) is 6.18. The molecule has 0 spiro atoms. The van der Waals surface area contributed by atoms with Crippen molar-refractivity contribution in [3.05, 3.63) is 75.8 Å². The number of aryl methyl sites for hydroxylation is 2. The summed E-state index contributed by atoms with van der Waals surface area (Å²) < 4.78 is 41.8. The fraction of sp³-hybridized carbons (Fsp3) is 0.105. The van der Waals surface area contributed by atoms with Gasteiger partial charge in [0, 0.05) is 21.5 Å². The largest absolute Gasteiger partial charge is 0.322 e. The molecule has 0 aliphatic rings. The van der Waals surface area contributed by atoms with Crippen molar-refractivity contribution in [1.82, 2.24) is 9.97 Å². The Kier molecular flexibility index (Phi) is 5.94. The van der Waals surface area contributed by atoms with Crippen molar-refractivity contribution in [3.63, 3.8) is 0 Å². The van der Waals surface area contributed by atoms with E-state index in [9.17, 15) is 17.6 Å². The van der Waals surface area contributed by atoms with Crippen molar-refractivity contribution in [2.45, 2.75) is 18.7 Å². The van der Waals surface area contributed by atoms with Crippen molar-refractivity contribution in [1.29, 1.82) is 0 Å². The number of anilines is 2. The Hall–Kier alpha value is -2.85. The number of carbonyl (C=O) groups is 1. The maximum absolute atomic E-state index is 13.9. The Balaban J connectivity index is 1.76. The van der Waals surface area contributed by atoms with Gasteiger partial charge in [-0.25, -0.2) is 27.5 Å². The molecule has 0 bridgehead atoms. The molecule has 10 heteroatoms. The molecule has 150 valence electrons. The van der Waals surface area contributed by atoms with Gasteiger partial charge in [-0.3, -0.25) is 4.79 Å². The van der Waals surface area contributed by atoms with Crippen molar-refractivity contribution in [2.75, 3.05) is 10.0 Å². The van der Waals surface area contributed by atoms with Gasteiger partial charge in [0.25, 0.3) is 15.9 Å². The zero-order chi connectivity index (χ0) is 21.2. The number of carbonyl (C=O) groups excluding carboxylic acids is 1. The van der Waals surface area contributed by atoms with E-state index in [2.05, 4.69) is 35.9 Å². The SMILES string of the molecule is Cc1cc(C)nc(NS(=O)(=O)c2ccc(NC(=O)c3ccc(Br)cc3F)cc2)n1. The van der Waals surface area contributed by atoms with Gasteiger partial charge in [-0.05, 0) is 62.4 Å². The van der Waals surface area contributed by atoms with E-state index in [0.29, 0.717) is 21.5 Å². The van der Waals surface area contributed by atoms with Crippen LogP contribution >= 0.6 is 15.9 Å². The molecule has 29 heavy (non-hydrogen) atoms. The molecule has 7 nitrogen and oxygen atoms in total. The zero-order valence-electron chi connectivity index (χ0n) is 15.4. The quantitative estimate of drug-likeness (QED) is 0.575. The monoisotopic (exact) mass is 478 g/mol. The van der Waals surface area contributed by atoms with E-state index in [1.807, 2.05) is 0 Å². The van der Waals surface area contributed by atoms with E-state index >= 15 is 0 Å². The van der Waals surface area contributed by atoms with Crippen molar-refractivity contribution < 1.29 is 17.6 Å². The van der Waals surface area contributed by atoms with Gasteiger partial charge in [-0.2, -0.15) is 0 Å². The molecule has 1 amide bonds. The molecule has 0 saturated carbocycles. The molecule has 2 aromatic carbocycles. The average molecular weight is 479 g/mol. The molecule has 0 fully saturated rings. The molecule has 0 aliphatic carbocycles. The van der Waals surface area contributed by atoms with Gasteiger partial charge in [0.2, 0.25) is 5.95 Å². The topological polar surface area (TPSA) is 101 Å². The summed E-state index contributed by atoms with van der Waals surface area (Å²) in [5, 5.41) is 2.53. The lowest BCUT2D eigenvalue weighted by molar-refractivity contribution is 0.102. The summed E-state index contributed by atoms with van der Waals surface area (Å²) in [5.74, 6) is -1.34. The number of nitrogens with zero attached hydrogens (tertiary/aromatic N) is 2. The van der Waals surface area contributed by atoms with E-state index in [0.717, 1.165) is 0 Å². The van der Waals surface area contributed by atoms with Gasteiger partial charge in [-0.15, -0.1) is 0 Å². The van der Waals surface area contributed by atoms with E-state index in [4.69, 9.17) is 0 Å². The Morgan fingerprint density at radius 2 is 1.62 bits per heavy atom. The first kappa shape index (κ1) is 20.9. The smallest absolute Gasteiger partial charge is 0.264 e. The number of rotatable bonds is 5. The van der Waals surface area contributed by atoms with Crippen LogP contribution in [0.5, 0.6) is 0 Å². The number of sulfonamides is 1. The normalized spacial score (nSPS) is 11.2. The lowest BCUT2D eigenvalue weighted by Crippen LogP contribution is -2.16. The molecule has 0 atom stereocenters. The minimum atomic E-state index is -3.91. The highest BCUT2D eigenvalue weighted by atomic mass is 79.9. The summed E-state index contributed by atoms with van der Waals surface area (Å²) in [4.78, 5) is 20.3. The van der Waals surface area contributed by atoms with Crippen LogP contribution in [0, 0.1) is 19.7 Å². The predicted octanol–water partition coefficient (Wildman–Crippen LogP) is 4.05. The predicted molar refractivity (Wildman–Crippen MR) is 111 cm³/mol. The van der Waals surface area contributed by atoms with Crippen molar-refractivity contribution in [2.24, 2.45) is 0 Å². The summed E-state index contributed by atoms with van der Waals surface area (Å²) in [7, 11) is -3.91. The number of halogens is 2. The van der Waals surface area contributed by atoms with Crippen LogP contribution in [-0.4, -0.2) is 24.3 Å². The molecule has 0 aliphatic heterocycles. The summed E-state index contributed by atoms with van der Waals surface area (Å²) in [5.41, 5.74) is 1.46. The molecule has 0 radical (unpaired) electrons. The van der Waals surface area contributed by atoms with Crippen molar-refractivity contribution >= 4 is 43.5 Å². The number of nitrogens with one attached hydrogen (secondary N) is 2. The number of benzene rings is 2. The van der Waals surface area contributed by atoms with E-state index in [-0.39, 0.29) is 16.4 Å². The first-order valence-corrected chi connectivity index (χ1v) is 10.6. The lowest BCUT2D eigenvalue weighted by atomic mass is 10.2. The third-order valence-corrected chi connectivity index (χ3v) is 5.64. The summed E-state index contributed by atoms with van der Waals surface area (Å²) in [6.07, 6.45) is 0. The van der Waals surface area contributed by atoms with Crippen LogP contribution in [0.4, 0.5) is 16.0 Å². The minimum absolute atomic E-state index is 0.0226. The van der Waals surface area contributed by atoms with Crippen LogP contribution in [0.1, 0.15) is 21.7 Å². The highest BCUT2D eigenvalue weighted by Gasteiger charge is 2.17. The third-order valence-electron chi connectivity index (χ3n) is 3.81. The highest BCUT2D eigenvalue weighted by Crippen LogP contribution is 2.19. The lowest BCUT2D eigenvalue weighted by Gasteiger charge is -2.10. The molecular formula is C19H16BrFN4O3S. The molecule has 1 aromatic heterocycles. The molecule has 3 aromatic rings. The molecule has 1 heterocycles.